The smallest absolute Gasteiger partial charge is 0.151 e. The van der Waals surface area contributed by atoms with Crippen molar-refractivity contribution in [2.24, 2.45) is 5.92 Å². The fourth-order valence-electron chi connectivity index (χ4n) is 3.93. The molecule has 25 heavy (non-hydrogen) atoms. The van der Waals surface area contributed by atoms with Crippen LogP contribution < -0.4 is 5.73 Å². The van der Waals surface area contributed by atoms with Gasteiger partial charge in [-0.25, -0.2) is 9.97 Å². The van der Waals surface area contributed by atoms with Crippen molar-refractivity contribution in [2.45, 2.75) is 52.5 Å². The van der Waals surface area contributed by atoms with Crippen LogP contribution in [-0.2, 0) is 25.8 Å². The zero-order valence-corrected chi connectivity index (χ0v) is 15.1. The Balaban J connectivity index is 1.91. The van der Waals surface area contributed by atoms with Gasteiger partial charge in [0.25, 0.3) is 0 Å². The largest absolute Gasteiger partial charge is 0.382 e. The summed E-state index contributed by atoms with van der Waals surface area (Å²) in [5.41, 5.74) is 12.3. The van der Waals surface area contributed by atoms with Crippen molar-refractivity contribution in [2.75, 3.05) is 5.73 Å². The van der Waals surface area contributed by atoms with Crippen molar-refractivity contribution in [3.05, 3.63) is 53.0 Å². The molecule has 2 heterocycles. The van der Waals surface area contributed by atoms with Crippen LogP contribution in [0.15, 0.2) is 30.3 Å². The normalized spacial score (nSPS) is 14.2. The maximum atomic E-state index is 6.30. The summed E-state index contributed by atoms with van der Waals surface area (Å²) in [6, 6.07) is 10.6. The average Bonchev–Trinajstić information content (AvgIpc) is 2.95. The van der Waals surface area contributed by atoms with E-state index in [1.807, 2.05) is 0 Å². The first-order valence-corrected chi connectivity index (χ1v) is 9.33. The lowest BCUT2D eigenvalue weighted by molar-refractivity contribution is 0.518. The number of aryl methyl sites for hydroxylation is 2. The molecule has 4 nitrogen and oxygen atoms in total. The summed E-state index contributed by atoms with van der Waals surface area (Å²) in [4.78, 5) is 9.63. The number of benzene rings is 1. The van der Waals surface area contributed by atoms with Gasteiger partial charge < -0.3 is 10.3 Å². The molecule has 1 aliphatic rings. The van der Waals surface area contributed by atoms with E-state index < -0.39 is 0 Å². The third-order valence-corrected chi connectivity index (χ3v) is 5.02. The van der Waals surface area contributed by atoms with E-state index in [0.29, 0.717) is 11.7 Å². The number of hydrogen-bond donors (Lipinski definition) is 1. The van der Waals surface area contributed by atoms with Crippen molar-refractivity contribution >= 4 is 16.9 Å². The van der Waals surface area contributed by atoms with Crippen molar-refractivity contribution in [3.63, 3.8) is 0 Å². The van der Waals surface area contributed by atoms with Crippen molar-refractivity contribution in [3.8, 4) is 0 Å². The summed E-state index contributed by atoms with van der Waals surface area (Å²) < 4.78 is 2.41. The van der Waals surface area contributed by atoms with Gasteiger partial charge in [0.05, 0.1) is 5.52 Å². The van der Waals surface area contributed by atoms with Crippen LogP contribution in [0.4, 0.5) is 5.82 Å². The number of hydrogen-bond acceptors (Lipinski definition) is 3. The third-order valence-electron chi connectivity index (χ3n) is 5.02. The van der Waals surface area contributed by atoms with Crippen LogP contribution in [0, 0.1) is 5.92 Å². The molecule has 0 amide bonds. The second-order valence-electron chi connectivity index (χ2n) is 7.52. The number of anilines is 1. The minimum atomic E-state index is 0.556. The second-order valence-corrected chi connectivity index (χ2v) is 7.52. The van der Waals surface area contributed by atoms with E-state index >= 15 is 0 Å². The lowest BCUT2D eigenvalue weighted by Gasteiger charge is -2.19. The molecule has 1 aliphatic carbocycles. The molecule has 4 heteroatoms. The molecule has 130 valence electrons. The number of imidazole rings is 1. The molecule has 1 aromatic carbocycles. The Hall–Kier alpha value is -2.36. The number of aromatic nitrogens is 3. The third kappa shape index (κ3) is 3.01. The molecular formula is C21H26N4. The monoisotopic (exact) mass is 334 g/mol. The highest BCUT2D eigenvalue weighted by molar-refractivity contribution is 5.89. The van der Waals surface area contributed by atoms with Gasteiger partial charge in [-0.1, -0.05) is 44.2 Å². The quantitative estimate of drug-likeness (QED) is 0.780. The van der Waals surface area contributed by atoms with Gasteiger partial charge in [-0.3, -0.25) is 0 Å². The minimum absolute atomic E-state index is 0.556. The number of nitrogen functional groups attached to an aromatic ring is 1. The first-order chi connectivity index (χ1) is 12.1. The van der Waals surface area contributed by atoms with Crippen LogP contribution in [0.2, 0.25) is 0 Å². The van der Waals surface area contributed by atoms with Gasteiger partial charge in [0.2, 0.25) is 0 Å². The first kappa shape index (κ1) is 16.1. The summed E-state index contributed by atoms with van der Waals surface area (Å²) in [6.07, 6.45) is 5.40. The summed E-state index contributed by atoms with van der Waals surface area (Å²) in [6.45, 7) is 5.48. The van der Waals surface area contributed by atoms with Crippen molar-refractivity contribution in [1.82, 2.24) is 14.5 Å². The second kappa shape index (κ2) is 6.51. The Morgan fingerprint density at radius 3 is 2.60 bits per heavy atom. The zero-order chi connectivity index (χ0) is 17.4. The van der Waals surface area contributed by atoms with Gasteiger partial charge >= 0.3 is 0 Å². The molecule has 2 aromatic heterocycles. The van der Waals surface area contributed by atoms with E-state index in [9.17, 15) is 0 Å². The highest BCUT2D eigenvalue weighted by Gasteiger charge is 2.23. The van der Waals surface area contributed by atoms with Gasteiger partial charge in [0.15, 0.2) is 5.82 Å². The molecule has 0 saturated carbocycles. The lowest BCUT2D eigenvalue weighted by Crippen LogP contribution is -2.13. The fraction of sp³-hybridized carbons (Fsp3) is 0.429. The van der Waals surface area contributed by atoms with Gasteiger partial charge in [-0.2, -0.15) is 0 Å². The van der Waals surface area contributed by atoms with Crippen LogP contribution in [0.1, 0.15) is 49.3 Å². The SMILES string of the molecule is CC(C)Cn1c(Cc2ccccc2)nc2c(N)nc3c(c21)CCCC3. The van der Waals surface area contributed by atoms with E-state index in [-0.39, 0.29) is 0 Å². The van der Waals surface area contributed by atoms with Crippen LogP contribution in [0.3, 0.4) is 0 Å². The maximum Gasteiger partial charge on any atom is 0.151 e. The Morgan fingerprint density at radius 1 is 1.08 bits per heavy atom. The predicted molar refractivity (Wildman–Crippen MR) is 103 cm³/mol. The zero-order valence-electron chi connectivity index (χ0n) is 15.1. The average molecular weight is 334 g/mol. The van der Waals surface area contributed by atoms with E-state index in [1.54, 1.807) is 0 Å². The number of fused-ring (bicyclic) bond motifs is 3. The van der Waals surface area contributed by atoms with E-state index in [2.05, 4.69) is 53.7 Å². The molecule has 0 radical (unpaired) electrons. The Kier molecular flexibility index (Phi) is 4.20. The summed E-state index contributed by atoms with van der Waals surface area (Å²) in [7, 11) is 0. The van der Waals surface area contributed by atoms with Gasteiger partial charge in [0, 0.05) is 18.7 Å². The Morgan fingerprint density at radius 2 is 1.84 bits per heavy atom. The van der Waals surface area contributed by atoms with Crippen molar-refractivity contribution in [1.29, 1.82) is 0 Å². The molecule has 4 rings (SSSR count). The molecule has 2 N–H and O–H groups in total. The summed E-state index contributed by atoms with van der Waals surface area (Å²) in [5, 5.41) is 0. The maximum absolute atomic E-state index is 6.30. The lowest BCUT2D eigenvalue weighted by atomic mass is 9.94. The molecule has 0 saturated heterocycles. The van der Waals surface area contributed by atoms with E-state index in [1.165, 1.54) is 35.2 Å². The summed E-state index contributed by atoms with van der Waals surface area (Å²) in [5.74, 6) is 2.25. The van der Waals surface area contributed by atoms with Crippen LogP contribution in [0.5, 0.6) is 0 Å². The molecule has 0 fully saturated rings. The molecule has 0 bridgehead atoms. The van der Waals surface area contributed by atoms with E-state index in [0.717, 1.165) is 37.1 Å². The van der Waals surface area contributed by atoms with Crippen LogP contribution in [0.25, 0.3) is 11.0 Å². The predicted octanol–water partition coefficient (Wildman–Crippen LogP) is 4.14. The number of nitrogens with zero attached hydrogens (tertiary/aromatic N) is 3. The standard InChI is InChI=1S/C21H26N4/c1-14(2)13-25-18(12-15-8-4-3-5-9-15)24-19-20(25)16-10-6-7-11-17(16)23-21(19)22/h3-5,8-9,14H,6-7,10-13H2,1-2H3,(H2,22,23). The van der Waals surface area contributed by atoms with Gasteiger partial charge in [-0.05, 0) is 42.7 Å². The molecule has 0 spiro atoms. The summed E-state index contributed by atoms with van der Waals surface area (Å²) >= 11 is 0. The number of pyridine rings is 1. The highest BCUT2D eigenvalue weighted by Crippen LogP contribution is 2.32. The first-order valence-electron chi connectivity index (χ1n) is 9.33. The fourth-order valence-corrected chi connectivity index (χ4v) is 3.93. The number of rotatable bonds is 4. The van der Waals surface area contributed by atoms with Crippen LogP contribution in [-0.4, -0.2) is 14.5 Å². The molecular weight excluding hydrogens is 308 g/mol. The number of nitrogens with two attached hydrogens (primary N) is 1. The van der Waals surface area contributed by atoms with E-state index in [4.69, 9.17) is 10.7 Å². The van der Waals surface area contributed by atoms with Gasteiger partial charge in [0.1, 0.15) is 11.3 Å². The molecule has 0 aliphatic heterocycles. The Bertz CT molecular complexity index is 893. The van der Waals surface area contributed by atoms with Gasteiger partial charge in [-0.15, -0.1) is 0 Å². The topological polar surface area (TPSA) is 56.7 Å². The minimum Gasteiger partial charge on any atom is -0.382 e. The highest BCUT2D eigenvalue weighted by atomic mass is 15.1. The molecule has 0 unspecified atom stereocenters. The van der Waals surface area contributed by atoms with Crippen molar-refractivity contribution < 1.29 is 0 Å². The molecule has 3 aromatic rings. The van der Waals surface area contributed by atoms with Crippen LogP contribution >= 0.6 is 0 Å². The molecule has 0 atom stereocenters. The Labute approximate surface area is 149 Å².